The Kier molecular flexibility index (Phi) is 2.57. The second-order valence-electron chi connectivity index (χ2n) is 2.76. The highest BCUT2D eigenvalue weighted by molar-refractivity contribution is 7.85. The predicted octanol–water partition coefficient (Wildman–Crippen LogP) is -1.68. The summed E-state index contributed by atoms with van der Waals surface area (Å²) in [5.41, 5.74) is 5.31. The van der Waals surface area contributed by atoms with Gasteiger partial charge in [-0.1, -0.05) is 0 Å². The molecule has 0 spiro atoms. The van der Waals surface area contributed by atoms with Crippen molar-refractivity contribution in [2.75, 3.05) is 5.94 Å². The number of amides is 1. The number of nitrogens with two attached hydrogens (primary N) is 1. The van der Waals surface area contributed by atoms with Gasteiger partial charge in [0.2, 0.25) is 5.94 Å². The van der Waals surface area contributed by atoms with E-state index in [0.717, 1.165) is 5.06 Å². The molecule has 1 aliphatic rings. The molecule has 0 aromatic heterocycles. The van der Waals surface area contributed by atoms with Gasteiger partial charge in [0, 0.05) is 0 Å². The van der Waals surface area contributed by atoms with Gasteiger partial charge in [-0.05, 0) is 6.92 Å². The third-order valence-corrected chi connectivity index (χ3v) is 2.14. The maximum absolute atomic E-state index is 10.9. The molecule has 0 unspecified atom stereocenters. The van der Waals surface area contributed by atoms with Crippen LogP contribution in [0.5, 0.6) is 0 Å². The molecule has 3 N–H and O–H groups in total. The largest absolute Gasteiger partial charge is 0.318 e. The van der Waals surface area contributed by atoms with E-state index in [1.807, 2.05) is 0 Å². The van der Waals surface area contributed by atoms with Crippen molar-refractivity contribution in [2.45, 2.75) is 19.0 Å². The Hall–Kier alpha value is -0.700. The maximum atomic E-state index is 10.9. The Morgan fingerprint density at radius 3 is 2.62 bits per heavy atom. The summed E-state index contributed by atoms with van der Waals surface area (Å²) < 4.78 is 28.8. The monoisotopic (exact) mass is 210 g/mol. The molecule has 2 atom stereocenters. The molecule has 1 fully saturated rings. The summed E-state index contributed by atoms with van der Waals surface area (Å²) in [4.78, 5) is 15.4. The van der Waals surface area contributed by atoms with Gasteiger partial charge in [-0.3, -0.25) is 14.2 Å². The van der Waals surface area contributed by atoms with Crippen molar-refractivity contribution in [1.29, 1.82) is 0 Å². The minimum atomic E-state index is -4.22. The normalized spacial score (nSPS) is 28.8. The minimum Gasteiger partial charge on any atom is -0.318 e. The number of carbonyl (C=O) groups is 1. The molecule has 76 valence electrons. The number of hydroxylamine groups is 2. The topological polar surface area (TPSA) is 110 Å². The molecular weight excluding hydrogens is 200 g/mol. The average molecular weight is 210 g/mol. The number of carbonyl (C=O) groups excluding carboxylic acids is 1. The van der Waals surface area contributed by atoms with E-state index in [4.69, 9.17) is 10.3 Å². The zero-order valence-corrected chi connectivity index (χ0v) is 7.69. The van der Waals surface area contributed by atoms with E-state index >= 15 is 0 Å². The summed E-state index contributed by atoms with van der Waals surface area (Å²) in [6.45, 7) is 1.61. The molecule has 0 bridgehead atoms. The zero-order chi connectivity index (χ0) is 10.2. The van der Waals surface area contributed by atoms with E-state index in [9.17, 15) is 13.2 Å². The van der Waals surface area contributed by atoms with Crippen molar-refractivity contribution in [3.63, 3.8) is 0 Å². The number of hydrogen-bond donors (Lipinski definition) is 2. The number of hydrogen-bond acceptors (Lipinski definition) is 5. The Bertz CT molecular complexity index is 313. The van der Waals surface area contributed by atoms with Crippen molar-refractivity contribution in [3.05, 3.63) is 0 Å². The molecule has 7 nitrogen and oxygen atoms in total. The van der Waals surface area contributed by atoms with Gasteiger partial charge in [-0.2, -0.15) is 8.42 Å². The lowest BCUT2D eigenvalue weighted by molar-refractivity contribution is -0.221. The molecule has 1 rings (SSSR count). The van der Waals surface area contributed by atoms with E-state index in [1.165, 1.54) is 0 Å². The predicted molar refractivity (Wildman–Crippen MR) is 41.8 cm³/mol. The van der Waals surface area contributed by atoms with E-state index in [1.54, 1.807) is 6.92 Å². The quantitative estimate of drug-likeness (QED) is 0.425. The fourth-order valence-electron chi connectivity index (χ4n) is 0.922. The van der Waals surface area contributed by atoms with Crippen LogP contribution in [0, 0.1) is 0 Å². The van der Waals surface area contributed by atoms with Gasteiger partial charge in [-0.15, -0.1) is 0 Å². The molecule has 0 aromatic rings. The first-order chi connectivity index (χ1) is 5.83. The summed E-state index contributed by atoms with van der Waals surface area (Å²) in [6.07, 6.45) is 0. The molecule has 8 heteroatoms. The van der Waals surface area contributed by atoms with Crippen molar-refractivity contribution < 1.29 is 22.6 Å². The summed E-state index contributed by atoms with van der Waals surface area (Å²) in [5, 5.41) is 0.832. The van der Waals surface area contributed by atoms with Gasteiger partial charge in [0.1, 0.15) is 6.04 Å². The Morgan fingerprint density at radius 1 is 1.69 bits per heavy atom. The number of rotatable bonds is 3. The van der Waals surface area contributed by atoms with Gasteiger partial charge in [0.25, 0.3) is 16.0 Å². The Morgan fingerprint density at radius 2 is 2.23 bits per heavy atom. The van der Waals surface area contributed by atoms with E-state index in [0.29, 0.717) is 0 Å². The van der Waals surface area contributed by atoms with Crippen LogP contribution in [0.2, 0.25) is 0 Å². The average Bonchev–Trinajstić information content (AvgIpc) is 2.01. The molecule has 1 aliphatic heterocycles. The van der Waals surface area contributed by atoms with E-state index < -0.39 is 28.0 Å². The van der Waals surface area contributed by atoms with Crippen molar-refractivity contribution in [2.24, 2.45) is 5.73 Å². The smallest absolute Gasteiger partial charge is 0.292 e. The van der Waals surface area contributed by atoms with E-state index in [2.05, 4.69) is 4.84 Å². The summed E-state index contributed by atoms with van der Waals surface area (Å²) in [7, 11) is -4.22. The van der Waals surface area contributed by atoms with E-state index in [-0.39, 0.29) is 6.04 Å². The summed E-state index contributed by atoms with van der Waals surface area (Å²) >= 11 is 0. The fourth-order valence-corrected chi connectivity index (χ4v) is 1.17. The Balaban J connectivity index is 2.45. The fraction of sp³-hybridized carbons (Fsp3) is 0.800. The first kappa shape index (κ1) is 10.4. The zero-order valence-electron chi connectivity index (χ0n) is 6.87. The van der Waals surface area contributed by atoms with Crippen LogP contribution in [-0.4, -0.2) is 42.0 Å². The van der Waals surface area contributed by atoms with Gasteiger partial charge >= 0.3 is 0 Å². The Labute approximate surface area is 75.2 Å². The molecule has 0 aliphatic carbocycles. The van der Waals surface area contributed by atoms with Crippen LogP contribution in [0.15, 0.2) is 0 Å². The van der Waals surface area contributed by atoms with Crippen LogP contribution in [-0.2, 0) is 19.8 Å². The molecular formula is C5H10N2O5S. The molecule has 0 aromatic carbocycles. The third-order valence-electron chi connectivity index (χ3n) is 1.73. The lowest BCUT2D eigenvalue weighted by Gasteiger charge is -2.41. The van der Waals surface area contributed by atoms with Gasteiger partial charge in [0.15, 0.2) is 0 Å². The highest BCUT2D eigenvalue weighted by Gasteiger charge is 2.43. The molecule has 13 heavy (non-hydrogen) atoms. The molecule has 0 saturated carbocycles. The van der Waals surface area contributed by atoms with Gasteiger partial charge in [0.05, 0.1) is 6.04 Å². The van der Waals surface area contributed by atoms with Crippen LogP contribution >= 0.6 is 0 Å². The second kappa shape index (κ2) is 3.22. The van der Waals surface area contributed by atoms with Crippen LogP contribution in [0.3, 0.4) is 0 Å². The minimum absolute atomic E-state index is 0.366. The maximum Gasteiger partial charge on any atom is 0.292 e. The van der Waals surface area contributed by atoms with Crippen LogP contribution in [0.1, 0.15) is 6.92 Å². The molecule has 1 amide bonds. The first-order valence-electron chi connectivity index (χ1n) is 3.49. The second-order valence-corrected chi connectivity index (χ2v) is 4.16. The highest BCUT2D eigenvalue weighted by Crippen LogP contribution is 2.17. The molecule has 0 radical (unpaired) electrons. The SMILES string of the molecule is C[C@@H]1[C@H](N)C(=O)N1OCS(=O)(=O)O. The number of β-lactam (4-membered cyclic amide) rings is 1. The van der Waals surface area contributed by atoms with Crippen LogP contribution in [0.4, 0.5) is 0 Å². The lowest BCUT2D eigenvalue weighted by atomic mass is 10.0. The summed E-state index contributed by atoms with van der Waals surface area (Å²) in [5.74, 6) is -1.42. The molecule has 1 heterocycles. The lowest BCUT2D eigenvalue weighted by Crippen LogP contribution is -2.67. The van der Waals surface area contributed by atoms with Gasteiger partial charge in [-0.25, -0.2) is 5.06 Å². The molecule has 1 saturated heterocycles. The van der Waals surface area contributed by atoms with Crippen molar-refractivity contribution in [3.8, 4) is 0 Å². The van der Waals surface area contributed by atoms with Crippen LogP contribution < -0.4 is 5.73 Å². The van der Waals surface area contributed by atoms with Crippen molar-refractivity contribution in [1.82, 2.24) is 5.06 Å². The van der Waals surface area contributed by atoms with Crippen LogP contribution in [0.25, 0.3) is 0 Å². The number of nitrogens with zero attached hydrogens (tertiary/aromatic N) is 1. The highest BCUT2D eigenvalue weighted by atomic mass is 32.2. The first-order valence-corrected chi connectivity index (χ1v) is 5.10. The van der Waals surface area contributed by atoms with Gasteiger partial charge < -0.3 is 5.73 Å². The summed E-state index contributed by atoms with van der Waals surface area (Å²) in [6, 6.07) is -1.02. The third kappa shape index (κ3) is 2.15. The standard InChI is InChI=1S/C5H10N2O5S/c1-3-4(6)5(8)7(3)12-2-13(9,10)11/h3-4H,2,6H2,1H3,(H,9,10,11)/t3-,4+/m1/s1. The van der Waals surface area contributed by atoms with Crippen molar-refractivity contribution >= 4 is 16.0 Å².